The summed E-state index contributed by atoms with van der Waals surface area (Å²) >= 11 is 2.12. The van der Waals surface area contributed by atoms with Gasteiger partial charge in [0.15, 0.2) is 0 Å². The van der Waals surface area contributed by atoms with Crippen LogP contribution in [0.25, 0.3) is 0 Å². The molecule has 0 aromatic carbocycles. The van der Waals surface area contributed by atoms with E-state index < -0.39 is 0 Å². The molecular weight excluding hydrogens is 180 g/mol. The molecule has 0 aliphatic carbocycles. The maximum Gasteiger partial charge on any atom is 0.0223 e. The molecule has 0 bridgehead atoms. The normalized spacial score (nSPS) is 42.5. The molecule has 0 saturated carbocycles. The molecule has 2 fully saturated rings. The van der Waals surface area contributed by atoms with Crippen molar-refractivity contribution < 1.29 is 0 Å². The molecule has 76 valence electrons. The van der Waals surface area contributed by atoms with Gasteiger partial charge in [0.05, 0.1) is 0 Å². The number of hydrogen-bond donors (Lipinski definition) is 1. The molecular formula is C10H20N2S. The van der Waals surface area contributed by atoms with Crippen LogP contribution < -0.4 is 5.32 Å². The van der Waals surface area contributed by atoms with Crippen LogP contribution in [0, 0.1) is 5.92 Å². The van der Waals surface area contributed by atoms with Crippen LogP contribution in [0.5, 0.6) is 0 Å². The monoisotopic (exact) mass is 200 g/mol. The van der Waals surface area contributed by atoms with Crippen molar-refractivity contribution in [2.24, 2.45) is 5.92 Å². The zero-order valence-corrected chi connectivity index (χ0v) is 9.44. The SMILES string of the molecule is CC1CSCC1N1CCNCC1C. The Balaban J connectivity index is 1.97. The van der Waals surface area contributed by atoms with Gasteiger partial charge in [0.1, 0.15) is 0 Å². The smallest absolute Gasteiger partial charge is 0.0223 e. The number of piperazine rings is 1. The summed E-state index contributed by atoms with van der Waals surface area (Å²) in [5.41, 5.74) is 0. The fourth-order valence-electron chi connectivity index (χ4n) is 2.42. The van der Waals surface area contributed by atoms with Crippen LogP contribution in [0.2, 0.25) is 0 Å². The van der Waals surface area contributed by atoms with E-state index in [1.807, 2.05) is 0 Å². The van der Waals surface area contributed by atoms with E-state index in [-0.39, 0.29) is 0 Å². The molecule has 0 radical (unpaired) electrons. The Bertz CT molecular complexity index is 174. The van der Waals surface area contributed by atoms with E-state index in [4.69, 9.17) is 0 Å². The fourth-order valence-corrected chi connectivity index (χ4v) is 3.91. The highest BCUT2D eigenvalue weighted by Crippen LogP contribution is 2.29. The zero-order chi connectivity index (χ0) is 9.26. The number of nitrogens with one attached hydrogen (secondary N) is 1. The van der Waals surface area contributed by atoms with Crippen molar-refractivity contribution >= 4 is 11.8 Å². The predicted octanol–water partition coefficient (Wildman–Crippen LogP) is 1.03. The highest BCUT2D eigenvalue weighted by atomic mass is 32.2. The molecule has 0 amide bonds. The van der Waals surface area contributed by atoms with E-state index in [2.05, 4.69) is 35.8 Å². The first-order valence-corrected chi connectivity index (χ1v) is 6.48. The average molecular weight is 200 g/mol. The van der Waals surface area contributed by atoms with E-state index >= 15 is 0 Å². The Hall–Kier alpha value is 0.270. The second-order valence-electron chi connectivity index (χ2n) is 4.37. The van der Waals surface area contributed by atoms with Gasteiger partial charge >= 0.3 is 0 Å². The van der Waals surface area contributed by atoms with Gasteiger partial charge < -0.3 is 5.32 Å². The highest BCUT2D eigenvalue weighted by molar-refractivity contribution is 7.99. The third kappa shape index (κ3) is 2.03. The number of thioether (sulfide) groups is 1. The van der Waals surface area contributed by atoms with Crippen LogP contribution in [0.3, 0.4) is 0 Å². The fraction of sp³-hybridized carbons (Fsp3) is 1.00. The Kier molecular flexibility index (Phi) is 3.17. The van der Waals surface area contributed by atoms with Gasteiger partial charge in [0, 0.05) is 37.5 Å². The molecule has 3 atom stereocenters. The van der Waals surface area contributed by atoms with Crippen molar-refractivity contribution in [2.75, 3.05) is 31.1 Å². The summed E-state index contributed by atoms with van der Waals surface area (Å²) in [5.74, 6) is 3.61. The minimum atomic E-state index is 0.736. The van der Waals surface area contributed by atoms with Crippen LogP contribution in [-0.4, -0.2) is 48.1 Å². The molecule has 3 unspecified atom stereocenters. The summed E-state index contributed by atoms with van der Waals surface area (Å²) in [4.78, 5) is 2.71. The maximum atomic E-state index is 3.45. The molecule has 2 saturated heterocycles. The minimum absolute atomic E-state index is 0.736. The molecule has 1 N–H and O–H groups in total. The van der Waals surface area contributed by atoms with Crippen LogP contribution in [0.1, 0.15) is 13.8 Å². The Morgan fingerprint density at radius 2 is 2.15 bits per heavy atom. The largest absolute Gasteiger partial charge is 0.314 e. The van der Waals surface area contributed by atoms with Gasteiger partial charge in [0.25, 0.3) is 0 Å². The van der Waals surface area contributed by atoms with Crippen molar-refractivity contribution in [1.82, 2.24) is 10.2 Å². The number of hydrogen-bond acceptors (Lipinski definition) is 3. The lowest BCUT2D eigenvalue weighted by Gasteiger charge is -2.39. The third-order valence-corrected chi connectivity index (χ3v) is 4.64. The maximum absolute atomic E-state index is 3.45. The molecule has 0 aromatic rings. The summed E-state index contributed by atoms with van der Waals surface area (Å²) < 4.78 is 0. The number of nitrogens with zero attached hydrogens (tertiary/aromatic N) is 1. The lowest BCUT2D eigenvalue weighted by atomic mass is 10.0. The first-order valence-electron chi connectivity index (χ1n) is 5.33. The molecule has 2 rings (SSSR count). The van der Waals surface area contributed by atoms with Crippen molar-refractivity contribution in [3.63, 3.8) is 0 Å². The lowest BCUT2D eigenvalue weighted by molar-refractivity contribution is 0.107. The first kappa shape index (κ1) is 9.81. The van der Waals surface area contributed by atoms with Gasteiger partial charge in [-0.2, -0.15) is 11.8 Å². The van der Waals surface area contributed by atoms with Crippen molar-refractivity contribution in [3.05, 3.63) is 0 Å². The quantitative estimate of drug-likeness (QED) is 0.681. The van der Waals surface area contributed by atoms with Crippen LogP contribution in [0.4, 0.5) is 0 Å². The molecule has 0 aromatic heterocycles. The van der Waals surface area contributed by atoms with E-state index in [0.717, 1.165) is 18.0 Å². The van der Waals surface area contributed by atoms with Gasteiger partial charge in [-0.05, 0) is 18.6 Å². The molecule has 13 heavy (non-hydrogen) atoms. The minimum Gasteiger partial charge on any atom is -0.314 e. The van der Waals surface area contributed by atoms with E-state index in [1.165, 1.54) is 31.1 Å². The van der Waals surface area contributed by atoms with Gasteiger partial charge in [0.2, 0.25) is 0 Å². The summed E-state index contributed by atoms with van der Waals surface area (Å²) in [6.07, 6.45) is 0. The predicted molar refractivity (Wildman–Crippen MR) is 59.3 cm³/mol. The van der Waals surface area contributed by atoms with Gasteiger partial charge in [-0.1, -0.05) is 6.92 Å². The molecule has 3 heteroatoms. The summed E-state index contributed by atoms with van der Waals surface area (Å²) in [7, 11) is 0. The standard InChI is InChI=1S/C10H20N2S/c1-8-6-13-7-10(8)12-4-3-11-5-9(12)2/h8-11H,3-7H2,1-2H3. The Labute approximate surface area is 85.4 Å². The number of rotatable bonds is 1. The van der Waals surface area contributed by atoms with Crippen molar-refractivity contribution in [1.29, 1.82) is 0 Å². The Morgan fingerprint density at radius 3 is 2.77 bits per heavy atom. The van der Waals surface area contributed by atoms with Crippen LogP contribution in [-0.2, 0) is 0 Å². The lowest BCUT2D eigenvalue weighted by Crippen LogP contribution is -2.55. The molecule has 2 aliphatic rings. The molecule has 2 nitrogen and oxygen atoms in total. The van der Waals surface area contributed by atoms with Crippen LogP contribution >= 0.6 is 11.8 Å². The second kappa shape index (κ2) is 4.20. The average Bonchev–Trinajstić information content (AvgIpc) is 2.52. The molecule has 2 aliphatic heterocycles. The van der Waals surface area contributed by atoms with Crippen molar-refractivity contribution in [2.45, 2.75) is 25.9 Å². The van der Waals surface area contributed by atoms with E-state index in [1.54, 1.807) is 0 Å². The summed E-state index contributed by atoms with van der Waals surface area (Å²) in [5, 5.41) is 3.45. The van der Waals surface area contributed by atoms with Gasteiger partial charge in [-0.3, -0.25) is 4.90 Å². The van der Waals surface area contributed by atoms with Crippen LogP contribution in [0.15, 0.2) is 0 Å². The zero-order valence-electron chi connectivity index (χ0n) is 8.62. The van der Waals surface area contributed by atoms with Gasteiger partial charge in [-0.15, -0.1) is 0 Å². The third-order valence-electron chi connectivity index (χ3n) is 3.30. The van der Waals surface area contributed by atoms with E-state index in [0.29, 0.717) is 0 Å². The second-order valence-corrected chi connectivity index (χ2v) is 5.45. The van der Waals surface area contributed by atoms with Crippen molar-refractivity contribution in [3.8, 4) is 0 Å². The summed E-state index contributed by atoms with van der Waals surface area (Å²) in [6.45, 7) is 8.35. The molecule has 2 heterocycles. The first-order chi connectivity index (χ1) is 6.29. The van der Waals surface area contributed by atoms with Gasteiger partial charge in [-0.25, -0.2) is 0 Å². The Morgan fingerprint density at radius 1 is 1.31 bits per heavy atom. The molecule has 0 spiro atoms. The summed E-state index contributed by atoms with van der Waals surface area (Å²) in [6, 6.07) is 1.59. The van der Waals surface area contributed by atoms with E-state index in [9.17, 15) is 0 Å². The highest BCUT2D eigenvalue weighted by Gasteiger charge is 2.32. The topological polar surface area (TPSA) is 15.3 Å².